The highest BCUT2D eigenvalue weighted by molar-refractivity contribution is 5.97. The van der Waals surface area contributed by atoms with Gasteiger partial charge in [0.25, 0.3) is 5.91 Å². The Bertz CT molecular complexity index is 570. The largest absolute Gasteiger partial charge is 0.497 e. The summed E-state index contributed by atoms with van der Waals surface area (Å²) in [7, 11) is 1.55. The van der Waals surface area contributed by atoms with E-state index in [-0.39, 0.29) is 24.3 Å². The van der Waals surface area contributed by atoms with Crippen LogP contribution in [-0.4, -0.2) is 31.4 Å². The Morgan fingerprint density at radius 1 is 1.26 bits per heavy atom. The van der Waals surface area contributed by atoms with Crippen molar-refractivity contribution in [1.82, 2.24) is 5.32 Å². The van der Waals surface area contributed by atoms with E-state index in [1.807, 2.05) is 0 Å². The molecule has 1 aromatic rings. The van der Waals surface area contributed by atoms with Gasteiger partial charge in [-0.25, -0.2) is 0 Å². The van der Waals surface area contributed by atoms with Gasteiger partial charge in [-0.15, -0.1) is 0 Å². The van der Waals surface area contributed by atoms with Crippen LogP contribution < -0.4 is 14.8 Å². The fourth-order valence-electron chi connectivity index (χ4n) is 2.96. The molecule has 0 radical (unpaired) electrons. The number of carbonyl (C=O) groups is 2. The van der Waals surface area contributed by atoms with Gasteiger partial charge in [0.2, 0.25) is 0 Å². The quantitative estimate of drug-likeness (QED) is 0.819. The molecule has 5 heteroatoms. The molecule has 1 aliphatic carbocycles. The molecular weight excluding hydrogens is 294 g/mol. The van der Waals surface area contributed by atoms with E-state index in [0.717, 1.165) is 19.3 Å². The molecule has 1 aliphatic rings. The Hall–Kier alpha value is -2.04. The topological polar surface area (TPSA) is 64.6 Å². The number of nitrogens with one attached hydrogen (secondary N) is 1. The summed E-state index contributed by atoms with van der Waals surface area (Å²) in [5.41, 5.74) is 0.449. The summed E-state index contributed by atoms with van der Waals surface area (Å²) < 4.78 is 10.7. The molecule has 0 bridgehead atoms. The van der Waals surface area contributed by atoms with Crippen LogP contribution in [0.1, 0.15) is 49.9 Å². The number of methoxy groups -OCH3 is 1. The number of amides is 1. The van der Waals surface area contributed by atoms with Gasteiger partial charge in [0.05, 0.1) is 12.7 Å². The van der Waals surface area contributed by atoms with Crippen molar-refractivity contribution in [2.75, 3.05) is 13.7 Å². The first-order valence-corrected chi connectivity index (χ1v) is 8.12. The van der Waals surface area contributed by atoms with E-state index >= 15 is 0 Å². The molecule has 1 aromatic carbocycles. The Morgan fingerprint density at radius 2 is 2.00 bits per heavy atom. The van der Waals surface area contributed by atoms with Gasteiger partial charge in [-0.3, -0.25) is 9.59 Å². The molecule has 126 valence electrons. The lowest BCUT2D eigenvalue weighted by Gasteiger charge is -2.29. The molecule has 0 heterocycles. The Kier molecular flexibility index (Phi) is 6.02. The maximum atomic E-state index is 12.1. The first-order valence-electron chi connectivity index (χ1n) is 8.12. The molecule has 1 fully saturated rings. The van der Waals surface area contributed by atoms with Crippen molar-refractivity contribution in [3.05, 3.63) is 23.8 Å². The Labute approximate surface area is 137 Å². The molecule has 1 amide bonds. The number of benzene rings is 1. The standard InChI is InChI=1S/C18H25NO4/c1-12-6-4-5-7-16(12)19-18(21)11-23-17-10-14(22-3)8-9-15(17)13(2)20/h8-10,12,16H,4-7,11H2,1-3H3,(H,19,21)/t12-,16+/m0/s1. The van der Waals surface area contributed by atoms with Crippen LogP contribution in [0.25, 0.3) is 0 Å². The molecule has 0 unspecified atom stereocenters. The molecule has 5 nitrogen and oxygen atoms in total. The predicted octanol–water partition coefficient (Wildman–Crippen LogP) is 2.97. The molecule has 0 spiro atoms. The lowest BCUT2D eigenvalue weighted by atomic mass is 9.86. The second-order valence-corrected chi connectivity index (χ2v) is 6.14. The number of ketones is 1. The molecule has 2 atom stereocenters. The maximum Gasteiger partial charge on any atom is 0.258 e. The molecule has 2 rings (SSSR count). The molecule has 1 N–H and O–H groups in total. The van der Waals surface area contributed by atoms with Crippen molar-refractivity contribution < 1.29 is 19.1 Å². The maximum absolute atomic E-state index is 12.1. The van der Waals surface area contributed by atoms with Crippen molar-refractivity contribution in [3.8, 4) is 11.5 Å². The van der Waals surface area contributed by atoms with E-state index in [0.29, 0.717) is 23.0 Å². The summed E-state index contributed by atoms with van der Waals surface area (Å²) in [6.07, 6.45) is 4.55. The van der Waals surface area contributed by atoms with Crippen LogP contribution in [0, 0.1) is 5.92 Å². The zero-order valence-electron chi connectivity index (χ0n) is 14.1. The van der Waals surface area contributed by atoms with Gasteiger partial charge in [0.15, 0.2) is 12.4 Å². The highest BCUT2D eigenvalue weighted by Gasteiger charge is 2.23. The van der Waals surface area contributed by atoms with Gasteiger partial charge in [0, 0.05) is 12.1 Å². The molecule has 0 saturated heterocycles. The van der Waals surface area contributed by atoms with Gasteiger partial charge in [-0.1, -0.05) is 19.8 Å². The number of hydrogen-bond donors (Lipinski definition) is 1. The number of ether oxygens (including phenoxy) is 2. The monoisotopic (exact) mass is 319 g/mol. The SMILES string of the molecule is COc1ccc(C(C)=O)c(OCC(=O)N[C@@H]2CCCC[C@@H]2C)c1. The van der Waals surface area contributed by atoms with Crippen LogP contribution in [0.5, 0.6) is 11.5 Å². The lowest BCUT2D eigenvalue weighted by molar-refractivity contribution is -0.124. The molecule has 0 aliphatic heterocycles. The van der Waals surface area contributed by atoms with Crippen LogP contribution in [-0.2, 0) is 4.79 Å². The van der Waals surface area contributed by atoms with E-state index in [9.17, 15) is 9.59 Å². The summed E-state index contributed by atoms with van der Waals surface area (Å²) in [6.45, 7) is 3.54. The highest BCUT2D eigenvalue weighted by Crippen LogP contribution is 2.26. The average molecular weight is 319 g/mol. The zero-order chi connectivity index (χ0) is 16.8. The molecule has 1 saturated carbocycles. The number of Topliss-reactive ketones (excluding diaryl/α,β-unsaturated/α-hetero) is 1. The Morgan fingerprint density at radius 3 is 2.65 bits per heavy atom. The fourth-order valence-corrected chi connectivity index (χ4v) is 2.96. The van der Waals surface area contributed by atoms with Crippen LogP contribution in [0.2, 0.25) is 0 Å². The number of hydrogen-bond acceptors (Lipinski definition) is 4. The van der Waals surface area contributed by atoms with Gasteiger partial charge >= 0.3 is 0 Å². The minimum absolute atomic E-state index is 0.101. The first kappa shape index (κ1) is 17.3. The van der Waals surface area contributed by atoms with E-state index in [2.05, 4.69) is 12.2 Å². The molecule has 23 heavy (non-hydrogen) atoms. The van der Waals surface area contributed by atoms with Crippen molar-refractivity contribution in [2.45, 2.75) is 45.6 Å². The third-order valence-corrected chi connectivity index (χ3v) is 4.38. The molecule has 0 aromatic heterocycles. The normalized spacial score (nSPS) is 20.7. The van der Waals surface area contributed by atoms with E-state index in [1.165, 1.54) is 13.3 Å². The van der Waals surface area contributed by atoms with Crippen molar-refractivity contribution >= 4 is 11.7 Å². The first-order chi connectivity index (χ1) is 11.0. The second kappa shape index (κ2) is 7.99. The van der Waals surface area contributed by atoms with Gasteiger partial charge in [-0.2, -0.15) is 0 Å². The minimum Gasteiger partial charge on any atom is -0.497 e. The fraction of sp³-hybridized carbons (Fsp3) is 0.556. The lowest BCUT2D eigenvalue weighted by Crippen LogP contribution is -2.43. The van der Waals surface area contributed by atoms with Gasteiger partial charge in [0.1, 0.15) is 11.5 Å². The summed E-state index contributed by atoms with van der Waals surface area (Å²) in [5, 5.41) is 3.04. The van der Waals surface area contributed by atoms with E-state index in [4.69, 9.17) is 9.47 Å². The van der Waals surface area contributed by atoms with Crippen LogP contribution in [0.3, 0.4) is 0 Å². The minimum atomic E-state index is -0.152. The zero-order valence-corrected chi connectivity index (χ0v) is 14.1. The number of carbonyl (C=O) groups excluding carboxylic acids is 2. The van der Waals surface area contributed by atoms with E-state index in [1.54, 1.807) is 25.3 Å². The second-order valence-electron chi connectivity index (χ2n) is 6.14. The van der Waals surface area contributed by atoms with Crippen LogP contribution >= 0.6 is 0 Å². The van der Waals surface area contributed by atoms with Crippen LogP contribution in [0.4, 0.5) is 0 Å². The third kappa shape index (κ3) is 4.71. The Balaban J connectivity index is 1.96. The molecular formula is C18H25NO4. The smallest absolute Gasteiger partial charge is 0.258 e. The summed E-state index contributed by atoms with van der Waals surface area (Å²) in [6, 6.07) is 5.20. The van der Waals surface area contributed by atoms with Crippen molar-refractivity contribution in [1.29, 1.82) is 0 Å². The van der Waals surface area contributed by atoms with Crippen molar-refractivity contribution in [3.63, 3.8) is 0 Å². The van der Waals surface area contributed by atoms with Gasteiger partial charge < -0.3 is 14.8 Å². The van der Waals surface area contributed by atoms with Gasteiger partial charge in [-0.05, 0) is 37.8 Å². The summed E-state index contributed by atoms with van der Waals surface area (Å²) in [5.74, 6) is 1.21. The average Bonchev–Trinajstić information content (AvgIpc) is 2.54. The van der Waals surface area contributed by atoms with Crippen molar-refractivity contribution in [2.24, 2.45) is 5.92 Å². The highest BCUT2D eigenvalue weighted by atomic mass is 16.5. The van der Waals surface area contributed by atoms with Crippen LogP contribution in [0.15, 0.2) is 18.2 Å². The predicted molar refractivity (Wildman–Crippen MR) is 88.1 cm³/mol. The number of rotatable bonds is 6. The summed E-state index contributed by atoms with van der Waals surface area (Å²) in [4.78, 5) is 23.8. The van der Waals surface area contributed by atoms with E-state index < -0.39 is 0 Å². The summed E-state index contributed by atoms with van der Waals surface area (Å²) >= 11 is 0. The third-order valence-electron chi connectivity index (χ3n) is 4.38.